The van der Waals surface area contributed by atoms with Gasteiger partial charge >= 0.3 is 0 Å². The highest BCUT2D eigenvalue weighted by molar-refractivity contribution is 6.08. The number of nitrogens with two attached hydrogens (primary N) is 1. The quantitative estimate of drug-likeness (QED) is 0.424. The molecule has 1 heterocycles. The number of anilines is 2. The van der Waals surface area contributed by atoms with Crippen molar-refractivity contribution in [2.75, 3.05) is 17.2 Å². The molecule has 0 atom stereocenters. The van der Waals surface area contributed by atoms with Crippen LogP contribution in [0.4, 0.5) is 28.9 Å². The number of amides is 2. The largest absolute Gasteiger partial charge is 0.330 e. The molecule has 33 heavy (non-hydrogen) atoms. The van der Waals surface area contributed by atoms with Crippen LogP contribution in [-0.2, 0) is 4.79 Å². The first-order valence-corrected chi connectivity index (χ1v) is 9.01. The summed E-state index contributed by atoms with van der Waals surface area (Å²) in [6.45, 7) is 0.106. The summed E-state index contributed by atoms with van der Waals surface area (Å²) in [5.41, 5.74) is 2.92. The highest BCUT2D eigenvalue weighted by atomic mass is 35.5. The van der Waals surface area contributed by atoms with E-state index in [1.807, 2.05) is 0 Å². The van der Waals surface area contributed by atoms with Gasteiger partial charge in [0.05, 0.1) is 34.3 Å². The average molecular weight is 505 g/mol. The molecule has 0 saturated carbocycles. The molecule has 0 saturated heterocycles. The summed E-state index contributed by atoms with van der Waals surface area (Å²) in [6.07, 6.45) is 2.58. The second-order valence-corrected chi connectivity index (χ2v) is 6.34. The number of halogens is 6. The molecule has 12 heteroatoms. The number of benzene rings is 2. The van der Waals surface area contributed by atoms with Crippen molar-refractivity contribution in [3.63, 3.8) is 0 Å². The maximum Gasteiger partial charge on any atom is 0.258 e. The van der Waals surface area contributed by atoms with E-state index >= 15 is 4.39 Å². The molecule has 0 aliphatic heterocycles. The van der Waals surface area contributed by atoms with E-state index < -0.39 is 51.8 Å². The van der Waals surface area contributed by atoms with Gasteiger partial charge in [0.15, 0.2) is 0 Å². The molecule has 6 nitrogen and oxygen atoms in total. The van der Waals surface area contributed by atoms with Gasteiger partial charge < -0.3 is 16.4 Å². The zero-order valence-corrected chi connectivity index (χ0v) is 18.3. The fraction of sp³-hybridized carbons (Fsp3) is 0.0952. The Kier molecular flexibility index (Phi) is 10.2. The van der Waals surface area contributed by atoms with Crippen molar-refractivity contribution in [2.45, 2.75) is 6.42 Å². The van der Waals surface area contributed by atoms with E-state index in [1.165, 1.54) is 18.5 Å². The topological polar surface area (TPSA) is 97.1 Å². The maximum absolute atomic E-state index is 15.0. The van der Waals surface area contributed by atoms with Crippen LogP contribution in [0.1, 0.15) is 16.8 Å². The van der Waals surface area contributed by atoms with Crippen LogP contribution in [0.25, 0.3) is 11.1 Å². The smallest absolute Gasteiger partial charge is 0.258 e. The molecule has 4 N–H and O–H groups in total. The molecule has 0 fully saturated rings. The van der Waals surface area contributed by atoms with Gasteiger partial charge in [0, 0.05) is 19.2 Å². The number of pyridine rings is 1. The van der Waals surface area contributed by atoms with Crippen molar-refractivity contribution < 1.29 is 27.2 Å². The SMILES string of the molecule is Cl.Cl.NCCC(=O)Nc1ccncc1NC(=O)c1ccc(F)c(-c2c(F)cccc2F)c1F. The lowest BCUT2D eigenvalue weighted by Crippen LogP contribution is -2.19. The van der Waals surface area contributed by atoms with Crippen LogP contribution < -0.4 is 16.4 Å². The molecule has 2 aromatic carbocycles. The first-order chi connectivity index (χ1) is 14.8. The third-order valence-electron chi connectivity index (χ3n) is 4.26. The molecular formula is C21H18Cl2F4N4O2. The van der Waals surface area contributed by atoms with E-state index in [4.69, 9.17) is 5.73 Å². The van der Waals surface area contributed by atoms with Gasteiger partial charge in [-0.1, -0.05) is 6.07 Å². The molecule has 0 radical (unpaired) electrons. The third kappa shape index (κ3) is 6.19. The number of nitrogens with zero attached hydrogens (tertiary/aromatic N) is 1. The molecule has 3 rings (SSSR count). The van der Waals surface area contributed by atoms with Crippen molar-refractivity contribution in [3.05, 3.63) is 77.6 Å². The number of hydrogen-bond donors (Lipinski definition) is 3. The van der Waals surface area contributed by atoms with Gasteiger partial charge in [0.1, 0.15) is 23.3 Å². The Morgan fingerprint density at radius 2 is 1.48 bits per heavy atom. The summed E-state index contributed by atoms with van der Waals surface area (Å²) in [4.78, 5) is 28.2. The molecular weight excluding hydrogens is 487 g/mol. The normalized spacial score (nSPS) is 9.97. The lowest BCUT2D eigenvalue weighted by Gasteiger charge is -2.14. The monoisotopic (exact) mass is 504 g/mol. The number of hydrogen-bond acceptors (Lipinski definition) is 4. The van der Waals surface area contributed by atoms with E-state index in [0.717, 1.165) is 30.3 Å². The van der Waals surface area contributed by atoms with Gasteiger partial charge in [-0.15, -0.1) is 24.8 Å². The number of nitrogens with one attached hydrogen (secondary N) is 2. The number of aromatic nitrogens is 1. The number of carbonyl (C=O) groups excluding carboxylic acids is 2. The van der Waals surface area contributed by atoms with E-state index in [0.29, 0.717) is 0 Å². The average Bonchev–Trinajstić information content (AvgIpc) is 2.71. The molecule has 176 valence electrons. The predicted octanol–water partition coefficient (Wildman–Crippen LogP) is 4.69. The lowest BCUT2D eigenvalue weighted by molar-refractivity contribution is -0.116. The third-order valence-corrected chi connectivity index (χ3v) is 4.26. The highest BCUT2D eigenvalue weighted by Crippen LogP contribution is 2.33. The van der Waals surface area contributed by atoms with Gasteiger partial charge in [0.25, 0.3) is 5.91 Å². The molecule has 3 aromatic rings. The van der Waals surface area contributed by atoms with Crippen LogP contribution in [0.15, 0.2) is 48.8 Å². The fourth-order valence-electron chi connectivity index (χ4n) is 2.83. The van der Waals surface area contributed by atoms with E-state index in [9.17, 15) is 22.8 Å². The summed E-state index contributed by atoms with van der Waals surface area (Å²) < 4.78 is 57.4. The van der Waals surface area contributed by atoms with Gasteiger partial charge in [-0.3, -0.25) is 14.6 Å². The summed E-state index contributed by atoms with van der Waals surface area (Å²) in [7, 11) is 0. The van der Waals surface area contributed by atoms with Crippen LogP contribution >= 0.6 is 24.8 Å². The minimum atomic E-state index is -1.45. The molecule has 0 spiro atoms. The predicted molar refractivity (Wildman–Crippen MR) is 121 cm³/mol. The Morgan fingerprint density at radius 1 is 0.848 bits per heavy atom. The van der Waals surface area contributed by atoms with Crippen molar-refractivity contribution in [1.82, 2.24) is 4.98 Å². The Labute approximate surface area is 198 Å². The minimum absolute atomic E-state index is 0. The summed E-state index contributed by atoms with van der Waals surface area (Å²) in [5.74, 6) is -6.53. The second-order valence-electron chi connectivity index (χ2n) is 6.34. The van der Waals surface area contributed by atoms with E-state index in [-0.39, 0.29) is 49.2 Å². The Balaban J connectivity index is 0.00000272. The van der Waals surface area contributed by atoms with Gasteiger partial charge in [0.2, 0.25) is 5.91 Å². The van der Waals surface area contributed by atoms with Crippen molar-refractivity contribution in [2.24, 2.45) is 5.73 Å². The van der Waals surface area contributed by atoms with Crippen molar-refractivity contribution in [1.29, 1.82) is 0 Å². The second kappa shape index (κ2) is 12.1. The number of rotatable bonds is 6. The molecule has 0 aliphatic carbocycles. The number of carbonyl (C=O) groups is 2. The first kappa shape index (κ1) is 27.8. The van der Waals surface area contributed by atoms with Crippen LogP contribution in [-0.4, -0.2) is 23.3 Å². The summed E-state index contributed by atoms with van der Waals surface area (Å²) in [5, 5.41) is 4.86. The fourth-order valence-corrected chi connectivity index (χ4v) is 2.83. The minimum Gasteiger partial charge on any atom is -0.330 e. The zero-order chi connectivity index (χ0) is 22.5. The molecule has 2 amide bonds. The van der Waals surface area contributed by atoms with Crippen LogP contribution in [0.5, 0.6) is 0 Å². The summed E-state index contributed by atoms with van der Waals surface area (Å²) >= 11 is 0. The standard InChI is InChI=1S/C21H16F4N4O2.2ClH/c22-12-2-1-3-13(23)18(12)19-14(24)5-4-11(20(19)25)21(31)29-16-10-27-9-7-15(16)28-17(30)6-8-26;;/h1-5,7,9-10H,6,8,26H2,(H,29,31)(H,27,28,30);2*1H. The van der Waals surface area contributed by atoms with Gasteiger partial charge in [-0.2, -0.15) is 0 Å². The van der Waals surface area contributed by atoms with Crippen molar-refractivity contribution in [3.8, 4) is 11.1 Å². The van der Waals surface area contributed by atoms with Crippen LogP contribution in [0, 0.1) is 23.3 Å². The highest BCUT2D eigenvalue weighted by Gasteiger charge is 2.25. The lowest BCUT2D eigenvalue weighted by atomic mass is 9.99. The molecule has 0 bridgehead atoms. The molecule has 0 unspecified atom stereocenters. The van der Waals surface area contributed by atoms with Gasteiger partial charge in [-0.05, 0) is 30.3 Å². The maximum atomic E-state index is 15.0. The van der Waals surface area contributed by atoms with Crippen LogP contribution in [0.3, 0.4) is 0 Å². The Morgan fingerprint density at radius 3 is 2.12 bits per heavy atom. The van der Waals surface area contributed by atoms with E-state index in [2.05, 4.69) is 15.6 Å². The Hall–Kier alpha value is -3.21. The molecule has 1 aromatic heterocycles. The van der Waals surface area contributed by atoms with Crippen molar-refractivity contribution >= 4 is 48.0 Å². The first-order valence-electron chi connectivity index (χ1n) is 9.01. The van der Waals surface area contributed by atoms with Gasteiger partial charge in [-0.25, -0.2) is 17.6 Å². The Bertz CT molecular complexity index is 1140. The van der Waals surface area contributed by atoms with E-state index in [1.54, 1.807) is 0 Å². The zero-order valence-electron chi connectivity index (χ0n) is 16.7. The summed E-state index contributed by atoms with van der Waals surface area (Å²) in [6, 6.07) is 5.69. The van der Waals surface area contributed by atoms with Crippen LogP contribution in [0.2, 0.25) is 0 Å². The molecule has 0 aliphatic rings.